The molecule has 0 aromatic heterocycles. The van der Waals surface area contributed by atoms with Gasteiger partial charge in [0.1, 0.15) is 0 Å². The molecule has 2 rings (SSSR count). The molecule has 1 atom stereocenters. The zero-order valence-electron chi connectivity index (χ0n) is 12.5. The predicted octanol–water partition coefficient (Wildman–Crippen LogP) is 4.96. The maximum absolute atomic E-state index is 3.36. The monoisotopic (exact) mass is 304 g/mol. The average molecular weight is 304 g/mol. The molecule has 1 unspecified atom stereocenters. The Kier molecular flexibility index (Phi) is 8.24. The van der Waals surface area contributed by atoms with Crippen LogP contribution >= 0.6 is 0 Å². The third-order valence-electron chi connectivity index (χ3n) is 3.59. The maximum Gasteiger partial charge on any atom is 4.00 e. The van der Waals surface area contributed by atoms with Gasteiger partial charge in [-0.15, -0.1) is 0 Å². The Morgan fingerprint density at radius 1 is 1.05 bits per heavy atom. The molecule has 0 saturated carbocycles. The minimum Gasteiger partial charge on any atom is -0.0991 e. The molecule has 0 N–H and O–H groups in total. The standard InChI is InChI=1S/C13H18Si.C4H6.Ti/c1-9-10(2)13(14(3)4)12-8-6-5-7-11(9)12;1-3-4-2;/h5-8,13-14H,1-4H3;3-4H,1-2H2;/q;;+4. The van der Waals surface area contributed by atoms with Crippen LogP contribution in [0.4, 0.5) is 0 Å². The summed E-state index contributed by atoms with van der Waals surface area (Å²) < 4.78 is 0. The molecule has 2 heteroatoms. The molecule has 96 valence electrons. The summed E-state index contributed by atoms with van der Waals surface area (Å²) in [6, 6.07) is 8.91. The molecule has 0 fully saturated rings. The van der Waals surface area contributed by atoms with Crippen LogP contribution in [-0.4, -0.2) is 8.80 Å². The first kappa shape index (κ1) is 18.4. The van der Waals surface area contributed by atoms with Gasteiger partial charge in [0.15, 0.2) is 0 Å². The van der Waals surface area contributed by atoms with Gasteiger partial charge in [-0.1, -0.05) is 68.2 Å². The van der Waals surface area contributed by atoms with Crippen molar-refractivity contribution >= 4 is 14.4 Å². The van der Waals surface area contributed by atoms with E-state index < -0.39 is 8.80 Å². The van der Waals surface area contributed by atoms with E-state index in [9.17, 15) is 0 Å². The van der Waals surface area contributed by atoms with Crippen LogP contribution in [-0.2, 0) is 21.7 Å². The Balaban J connectivity index is 0.000000576. The number of allylic oxidation sites excluding steroid dienone is 4. The molecule has 0 heterocycles. The van der Waals surface area contributed by atoms with E-state index in [-0.39, 0.29) is 21.7 Å². The van der Waals surface area contributed by atoms with Crippen molar-refractivity contribution in [1.29, 1.82) is 0 Å². The number of benzene rings is 1. The third kappa shape index (κ3) is 4.17. The van der Waals surface area contributed by atoms with E-state index in [1.165, 1.54) is 11.1 Å². The van der Waals surface area contributed by atoms with E-state index in [1.54, 1.807) is 23.3 Å². The largest absolute Gasteiger partial charge is 4.00 e. The minimum absolute atomic E-state index is 0. The number of hydrogen-bond acceptors (Lipinski definition) is 0. The molecule has 1 aliphatic carbocycles. The Morgan fingerprint density at radius 2 is 1.58 bits per heavy atom. The van der Waals surface area contributed by atoms with Crippen LogP contribution < -0.4 is 0 Å². The second-order valence-corrected chi connectivity index (χ2v) is 8.24. The Bertz CT molecular complexity index is 466. The molecule has 0 amide bonds. The topological polar surface area (TPSA) is 0 Å². The van der Waals surface area contributed by atoms with Crippen molar-refractivity contribution in [1.82, 2.24) is 0 Å². The van der Waals surface area contributed by atoms with Crippen LogP contribution in [0, 0.1) is 0 Å². The van der Waals surface area contributed by atoms with E-state index in [2.05, 4.69) is 64.4 Å². The molecule has 0 aliphatic heterocycles. The zero-order valence-corrected chi connectivity index (χ0v) is 15.2. The van der Waals surface area contributed by atoms with Gasteiger partial charge in [0.2, 0.25) is 0 Å². The van der Waals surface area contributed by atoms with Crippen molar-refractivity contribution in [2.75, 3.05) is 0 Å². The summed E-state index contributed by atoms with van der Waals surface area (Å²) in [6.45, 7) is 16.2. The van der Waals surface area contributed by atoms with Gasteiger partial charge < -0.3 is 0 Å². The molecule has 0 spiro atoms. The summed E-state index contributed by atoms with van der Waals surface area (Å²) in [7, 11) is -0.614. The zero-order chi connectivity index (χ0) is 13.7. The van der Waals surface area contributed by atoms with E-state index in [0.717, 1.165) is 5.54 Å². The summed E-state index contributed by atoms with van der Waals surface area (Å²) in [5, 5.41) is 0. The first-order chi connectivity index (χ1) is 8.54. The molecule has 0 radical (unpaired) electrons. The molecule has 1 aromatic carbocycles. The summed E-state index contributed by atoms with van der Waals surface area (Å²) in [5.74, 6) is 0. The van der Waals surface area contributed by atoms with Gasteiger partial charge in [-0.2, -0.15) is 0 Å². The Hall–Kier alpha value is -0.629. The second-order valence-electron chi connectivity index (χ2n) is 5.09. The van der Waals surface area contributed by atoms with Gasteiger partial charge in [0.05, 0.1) is 0 Å². The molecule has 1 aromatic rings. The molecule has 1 aliphatic rings. The van der Waals surface area contributed by atoms with Gasteiger partial charge >= 0.3 is 21.7 Å². The number of fused-ring (bicyclic) bond motifs is 1. The molecule has 0 nitrogen and oxygen atoms in total. The molecule has 19 heavy (non-hydrogen) atoms. The smallest absolute Gasteiger partial charge is 0.0991 e. The molecular weight excluding hydrogens is 280 g/mol. The van der Waals surface area contributed by atoms with Gasteiger partial charge in [-0.3, -0.25) is 0 Å². The second kappa shape index (κ2) is 8.52. The van der Waals surface area contributed by atoms with Crippen LogP contribution in [0.25, 0.3) is 5.57 Å². The van der Waals surface area contributed by atoms with E-state index >= 15 is 0 Å². The fourth-order valence-corrected chi connectivity index (χ4v) is 4.91. The number of rotatable bonds is 2. The van der Waals surface area contributed by atoms with Crippen molar-refractivity contribution < 1.29 is 21.7 Å². The molecular formula is C17H24SiTi+4. The summed E-state index contributed by atoms with van der Waals surface area (Å²) in [6.07, 6.45) is 3.28. The van der Waals surface area contributed by atoms with Crippen LogP contribution in [0.15, 0.2) is 55.1 Å². The van der Waals surface area contributed by atoms with E-state index in [4.69, 9.17) is 0 Å². The number of hydrogen-bond donors (Lipinski definition) is 0. The molecule has 0 bridgehead atoms. The van der Waals surface area contributed by atoms with Gasteiger partial charge in [-0.25, -0.2) is 0 Å². The summed E-state index contributed by atoms with van der Waals surface area (Å²) in [4.78, 5) is 0. The van der Waals surface area contributed by atoms with Crippen molar-refractivity contribution in [3.05, 3.63) is 66.3 Å². The van der Waals surface area contributed by atoms with E-state index in [0.29, 0.717) is 0 Å². The van der Waals surface area contributed by atoms with Crippen molar-refractivity contribution in [3.63, 3.8) is 0 Å². The third-order valence-corrected chi connectivity index (χ3v) is 5.78. The SMILES string of the molecule is C=CC=C.CC1=C(C)C([SiH](C)C)c2ccccc21.[Ti+4]. The maximum atomic E-state index is 3.36. The first-order valence-electron chi connectivity index (χ1n) is 6.54. The fourth-order valence-electron chi connectivity index (χ4n) is 2.65. The van der Waals surface area contributed by atoms with Crippen molar-refractivity contribution in [2.24, 2.45) is 0 Å². The van der Waals surface area contributed by atoms with Gasteiger partial charge in [0, 0.05) is 8.80 Å². The first-order valence-corrected chi connectivity index (χ1v) is 9.52. The van der Waals surface area contributed by atoms with Crippen molar-refractivity contribution in [2.45, 2.75) is 32.5 Å². The van der Waals surface area contributed by atoms with Crippen LogP contribution in [0.3, 0.4) is 0 Å². The quantitative estimate of drug-likeness (QED) is 0.535. The summed E-state index contributed by atoms with van der Waals surface area (Å²) >= 11 is 0. The minimum atomic E-state index is -0.614. The summed E-state index contributed by atoms with van der Waals surface area (Å²) in [5.41, 5.74) is 7.01. The molecule has 0 saturated heterocycles. The van der Waals surface area contributed by atoms with Gasteiger partial charge in [-0.05, 0) is 36.1 Å². The van der Waals surface area contributed by atoms with Crippen LogP contribution in [0.2, 0.25) is 13.1 Å². The average Bonchev–Trinajstić information content (AvgIpc) is 2.63. The van der Waals surface area contributed by atoms with E-state index in [1.807, 2.05) is 0 Å². The van der Waals surface area contributed by atoms with Crippen molar-refractivity contribution in [3.8, 4) is 0 Å². The Morgan fingerprint density at radius 3 is 2.05 bits per heavy atom. The Labute approximate surface area is 134 Å². The van der Waals surface area contributed by atoms with Crippen LogP contribution in [0.1, 0.15) is 30.5 Å². The predicted molar refractivity (Wildman–Crippen MR) is 86.7 cm³/mol. The van der Waals surface area contributed by atoms with Gasteiger partial charge in [0.25, 0.3) is 0 Å². The fraction of sp³-hybridized carbons (Fsp3) is 0.294. The van der Waals surface area contributed by atoms with Crippen LogP contribution in [0.5, 0.6) is 0 Å². The normalized spacial score (nSPS) is 16.2.